The Balaban J connectivity index is 1.34. The Kier molecular flexibility index (Phi) is 6.35. The van der Waals surface area contributed by atoms with E-state index in [2.05, 4.69) is 59.1 Å². The number of H-pyrrole nitrogens is 1. The number of likely N-dealkylation sites (tertiary alicyclic amines) is 2. The van der Waals surface area contributed by atoms with Crippen LogP contribution < -0.4 is 9.47 Å². The first-order chi connectivity index (χ1) is 16.1. The normalized spacial score (nSPS) is 19.3. The maximum atomic E-state index is 5.52. The van der Waals surface area contributed by atoms with E-state index in [9.17, 15) is 0 Å². The number of fused-ring (bicyclic) bond motifs is 1. The van der Waals surface area contributed by atoms with E-state index in [1.54, 1.807) is 14.2 Å². The molecule has 33 heavy (non-hydrogen) atoms. The maximum absolute atomic E-state index is 5.52. The molecule has 5 rings (SSSR count). The monoisotopic (exact) mass is 447 g/mol. The average molecular weight is 448 g/mol. The van der Waals surface area contributed by atoms with Crippen molar-refractivity contribution in [2.24, 2.45) is 0 Å². The summed E-state index contributed by atoms with van der Waals surface area (Å²) < 4.78 is 10.9. The van der Waals surface area contributed by atoms with Crippen molar-refractivity contribution in [1.82, 2.24) is 14.8 Å². The second-order valence-corrected chi connectivity index (χ2v) is 9.84. The van der Waals surface area contributed by atoms with E-state index in [4.69, 9.17) is 9.47 Å². The summed E-state index contributed by atoms with van der Waals surface area (Å²) in [5.74, 6) is 2.17. The molecule has 3 heterocycles. The minimum atomic E-state index is 0.663. The summed E-state index contributed by atoms with van der Waals surface area (Å²) in [4.78, 5) is 8.87. The van der Waals surface area contributed by atoms with Gasteiger partial charge in [0.25, 0.3) is 0 Å². The van der Waals surface area contributed by atoms with Crippen molar-refractivity contribution < 1.29 is 9.47 Å². The number of rotatable bonds is 5. The minimum Gasteiger partial charge on any atom is -0.493 e. The SMILES string of the molecule is COc1ccc(-c2[nH]c3ccc(C4CCN(C5CCN(C)CC5)CC4)cc3c2C)cc1OC. The molecule has 1 N–H and O–H groups in total. The Hall–Kier alpha value is -2.50. The highest BCUT2D eigenvalue weighted by atomic mass is 16.5. The molecule has 2 aliphatic rings. The van der Waals surface area contributed by atoms with Gasteiger partial charge in [0.1, 0.15) is 0 Å². The fourth-order valence-corrected chi connectivity index (χ4v) is 5.84. The first kappa shape index (κ1) is 22.3. The van der Waals surface area contributed by atoms with E-state index in [-0.39, 0.29) is 0 Å². The third kappa shape index (κ3) is 4.36. The number of hydrogen-bond donors (Lipinski definition) is 1. The number of aromatic nitrogens is 1. The van der Waals surface area contributed by atoms with Gasteiger partial charge in [-0.2, -0.15) is 0 Å². The van der Waals surface area contributed by atoms with Gasteiger partial charge in [-0.05, 0) is 113 Å². The molecular formula is C28H37N3O2. The molecule has 176 valence electrons. The largest absolute Gasteiger partial charge is 0.493 e. The van der Waals surface area contributed by atoms with Gasteiger partial charge in [0.2, 0.25) is 0 Å². The highest BCUT2D eigenvalue weighted by Crippen LogP contribution is 2.38. The number of methoxy groups -OCH3 is 2. The molecule has 2 fully saturated rings. The van der Waals surface area contributed by atoms with Crippen molar-refractivity contribution in [2.75, 3.05) is 47.4 Å². The number of aryl methyl sites for hydroxylation is 1. The van der Waals surface area contributed by atoms with Gasteiger partial charge in [-0.15, -0.1) is 0 Å². The van der Waals surface area contributed by atoms with Crippen LogP contribution in [-0.4, -0.2) is 68.3 Å². The first-order valence-electron chi connectivity index (χ1n) is 12.3. The Morgan fingerprint density at radius 3 is 2.27 bits per heavy atom. The zero-order valence-corrected chi connectivity index (χ0v) is 20.5. The molecule has 5 heteroatoms. The number of benzene rings is 2. The van der Waals surface area contributed by atoms with Crippen LogP contribution in [0, 0.1) is 6.92 Å². The number of piperidine rings is 2. The van der Waals surface area contributed by atoms with Crippen LogP contribution in [0.3, 0.4) is 0 Å². The van der Waals surface area contributed by atoms with Crippen molar-refractivity contribution in [3.63, 3.8) is 0 Å². The summed E-state index contributed by atoms with van der Waals surface area (Å²) in [6.45, 7) is 7.18. The van der Waals surface area contributed by atoms with E-state index in [0.29, 0.717) is 5.92 Å². The van der Waals surface area contributed by atoms with Crippen LogP contribution in [0.1, 0.15) is 42.7 Å². The van der Waals surface area contributed by atoms with Crippen LogP contribution in [0.15, 0.2) is 36.4 Å². The van der Waals surface area contributed by atoms with Gasteiger partial charge in [0, 0.05) is 28.2 Å². The van der Waals surface area contributed by atoms with E-state index in [1.807, 2.05) is 6.07 Å². The van der Waals surface area contributed by atoms with Crippen molar-refractivity contribution >= 4 is 10.9 Å². The summed E-state index contributed by atoms with van der Waals surface area (Å²) >= 11 is 0. The van der Waals surface area contributed by atoms with Crippen LogP contribution in [0.4, 0.5) is 0 Å². The van der Waals surface area contributed by atoms with Crippen molar-refractivity contribution in [1.29, 1.82) is 0 Å². The second-order valence-electron chi connectivity index (χ2n) is 9.84. The zero-order valence-electron chi connectivity index (χ0n) is 20.5. The number of nitrogens with zero attached hydrogens (tertiary/aromatic N) is 2. The summed E-state index contributed by atoms with van der Waals surface area (Å²) in [5.41, 5.74) is 6.26. The van der Waals surface area contributed by atoms with Gasteiger partial charge in [0.05, 0.1) is 14.2 Å². The van der Waals surface area contributed by atoms with E-state index >= 15 is 0 Å². The third-order valence-corrected chi connectivity index (χ3v) is 7.96. The first-order valence-corrected chi connectivity index (χ1v) is 12.3. The van der Waals surface area contributed by atoms with Gasteiger partial charge in [-0.3, -0.25) is 0 Å². The summed E-state index contributed by atoms with van der Waals surface area (Å²) in [6.07, 6.45) is 5.19. The molecule has 0 atom stereocenters. The molecule has 0 amide bonds. The maximum Gasteiger partial charge on any atom is 0.161 e. The quantitative estimate of drug-likeness (QED) is 0.566. The number of ether oxygens (including phenoxy) is 2. The average Bonchev–Trinajstić information content (AvgIpc) is 3.20. The summed E-state index contributed by atoms with van der Waals surface area (Å²) in [5, 5.41) is 1.33. The molecule has 0 radical (unpaired) electrons. The third-order valence-electron chi connectivity index (χ3n) is 7.96. The Bertz CT molecular complexity index is 1110. The lowest BCUT2D eigenvalue weighted by atomic mass is 9.87. The molecule has 0 bridgehead atoms. The minimum absolute atomic E-state index is 0.663. The molecular weight excluding hydrogens is 410 g/mol. The highest BCUT2D eigenvalue weighted by molar-refractivity contribution is 5.91. The molecule has 5 nitrogen and oxygen atoms in total. The van der Waals surface area contributed by atoms with Gasteiger partial charge in [0.15, 0.2) is 11.5 Å². The van der Waals surface area contributed by atoms with Crippen LogP contribution in [0.5, 0.6) is 11.5 Å². The summed E-state index contributed by atoms with van der Waals surface area (Å²) in [6, 6.07) is 14.0. The Morgan fingerprint density at radius 2 is 1.58 bits per heavy atom. The van der Waals surface area contributed by atoms with Crippen LogP contribution in [-0.2, 0) is 0 Å². The number of hydrogen-bond acceptors (Lipinski definition) is 4. The molecule has 2 saturated heterocycles. The van der Waals surface area contributed by atoms with E-state index in [1.165, 1.54) is 73.9 Å². The van der Waals surface area contributed by atoms with E-state index < -0.39 is 0 Å². The number of nitrogens with one attached hydrogen (secondary N) is 1. The Labute approximate surface area is 197 Å². The fourth-order valence-electron chi connectivity index (χ4n) is 5.84. The van der Waals surface area contributed by atoms with Crippen molar-refractivity contribution in [2.45, 2.75) is 44.6 Å². The van der Waals surface area contributed by atoms with Crippen LogP contribution in [0.25, 0.3) is 22.2 Å². The lowest BCUT2D eigenvalue weighted by Crippen LogP contribution is -2.46. The lowest BCUT2D eigenvalue weighted by molar-refractivity contribution is 0.0966. The molecule has 2 aliphatic heterocycles. The number of aromatic amines is 1. The predicted octanol–water partition coefficient (Wildman–Crippen LogP) is 5.43. The van der Waals surface area contributed by atoms with Gasteiger partial charge < -0.3 is 24.3 Å². The lowest BCUT2D eigenvalue weighted by Gasteiger charge is -2.41. The topological polar surface area (TPSA) is 40.7 Å². The summed E-state index contributed by atoms with van der Waals surface area (Å²) in [7, 11) is 5.60. The molecule has 2 aromatic carbocycles. The fraction of sp³-hybridized carbons (Fsp3) is 0.500. The van der Waals surface area contributed by atoms with Gasteiger partial charge in [-0.1, -0.05) is 6.07 Å². The van der Waals surface area contributed by atoms with Crippen molar-refractivity contribution in [3.8, 4) is 22.8 Å². The molecule has 0 saturated carbocycles. The molecule has 0 unspecified atom stereocenters. The molecule has 0 aliphatic carbocycles. The van der Waals surface area contributed by atoms with Crippen LogP contribution >= 0.6 is 0 Å². The standard InChI is InChI=1S/C28H37N3O2/c1-19-24-17-21(20-9-15-31(16-10-20)23-11-13-30(2)14-12-23)5-7-25(24)29-28(19)22-6-8-26(32-3)27(18-22)33-4/h5-8,17-18,20,23,29H,9-16H2,1-4H3. The van der Waals surface area contributed by atoms with Gasteiger partial charge in [-0.25, -0.2) is 0 Å². The molecule has 0 spiro atoms. The predicted molar refractivity (Wildman–Crippen MR) is 136 cm³/mol. The molecule has 3 aromatic rings. The highest BCUT2D eigenvalue weighted by Gasteiger charge is 2.28. The zero-order chi connectivity index (χ0) is 22.9. The second kappa shape index (κ2) is 9.40. The van der Waals surface area contributed by atoms with E-state index in [0.717, 1.165) is 28.8 Å². The smallest absolute Gasteiger partial charge is 0.161 e. The molecule has 1 aromatic heterocycles. The Morgan fingerprint density at radius 1 is 0.848 bits per heavy atom. The van der Waals surface area contributed by atoms with Crippen LogP contribution in [0.2, 0.25) is 0 Å². The van der Waals surface area contributed by atoms with Gasteiger partial charge >= 0.3 is 0 Å². The van der Waals surface area contributed by atoms with Crippen molar-refractivity contribution in [3.05, 3.63) is 47.5 Å².